The number of benzene rings is 1. The van der Waals surface area contributed by atoms with E-state index >= 15 is 0 Å². The first-order chi connectivity index (χ1) is 7.69. The van der Waals surface area contributed by atoms with E-state index in [0.29, 0.717) is 0 Å². The van der Waals surface area contributed by atoms with Gasteiger partial charge in [0.25, 0.3) is 0 Å². The van der Waals surface area contributed by atoms with Gasteiger partial charge >= 0.3 is 0 Å². The Morgan fingerprint density at radius 2 is 2.06 bits per heavy atom. The molecule has 1 aromatic rings. The molecule has 0 unspecified atom stereocenters. The van der Waals surface area contributed by atoms with Crippen molar-refractivity contribution in [2.24, 2.45) is 0 Å². The molecule has 0 saturated carbocycles. The predicted molar refractivity (Wildman–Crippen MR) is 69.4 cm³/mol. The fourth-order valence-electron chi connectivity index (χ4n) is 1.84. The van der Waals surface area contributed by atoms with E-state index in [1.807, 2.05) is 26.1 Å². The summed E-state index contributed by atoms with van der Waals surface area (Å²) in [5, 5.41) is 0. The van der Waals surface area contributed by atoms with Crippen LogP contribution in [0, 0.1) is 6.92 Å². The topological polar surface area (TPSA) is 20.3 Å². The van der Waals surface area contributed by atoms with Crippen molar-refractivity contribution in [3.63, 3.8) is 0 Å². The molecule has 2 heteroatoms. The zero-order valence-electron chi connectivity index (χ0n) is 10.5. The van der Waals surface area contributed by atoms with Crippen LogP contribution >= 0.6 is 0 Å². The Balaban J connectivity index is 2.74. The van der Waals surface area contributed by atoms with Crippen molar-refractivity contribution in [2.45, 2.75) is 33.1 Å². The second kappa shape index (κ2) is 6.31. The van der Waals surface area contributed by atoms with Gasteiger partial charge in [0.1, 0.15) is 0 Å². The summed E-state index contributed by atoms with van der Waals surface area (Å²) in [5.41, 5.74) is 2.96. The fraction of sp³-hybridized carbons (Fsp3) is 0.500. The van der Waals surface area contributed by atoms with E-state index in [1.165, 1.54) is 19.3 Å². The molecule has 1 aromatic carbocycles. The lowest BCUT2D eigenvalue weighted by molar-refractivity contribution is 0.112. The molecule has 0 aromatic heterocycles. The molecule has 0 saturated heterocycles. The van der Waals surface area contributed by atoms with Crippen molar-refractivity contribution in [2.75, 3.05) is 18.5 Å². The molecule has 0 aliphatic rings. The van der Waals surface area contributed by atoms with Crippen molar-refractivity contribution < 1.29 is 4.79 Å². The van der Waals surface area contributed by atoms with Gasteiger partial charge in [-0.15, -0.1) is 0 Å². The third-order valence-electron chi connectivity index (χ3n) is 2.82. The number of aldehydes is 1. The van der Waals surface area contributed by atoms with Crippen molar-refractivity contribution in [3.8, 4) is 0 Å². The van der Waals surface area contributed by atoms with Crippen LogP contribution in [0.5, 0.6) is 0 Å². The van der Waals surface area contributed by atoms with E-state index < -0.39 is 0 Å². The van der Waals surface area contributed by atoms with Gasteiger partial charge in [-0.05, 0) is 25.5 Å². The minimum atomic E-state index is 0.791. The summed E-state index contributed by atoms with van der Waals surface area (Å²) in [5.74, 6) is 0. The molecule has 1 rings (SSSR count). The monoisotopic (exact) mass is 219 g/mol. The average molecular weight is 219 g/mol. The molecule has 0 N–H and O–H groups in total. The molecule has 88 valence electrons. The number of unbranched alkanes of at least 4 members (excludes halogenated alkanes) is 2. The van der Waals surface area contributed by atoms with Gasteiger partial charge < -0.3 is 4.90 Å². The molecule has 0 fully saturated rings. The summed E-state index contributed by atoms with van der Waals surface area (Å²) >= 11 is 0. The molecule has 0 aliphatic heterocycles. The number of nitrogens with zero attached hydrogens (tertiary/aromatic N) is 1. The van der Waals surface area contributed by atoms with Crippen molar-refractivity contribution in [1.29, 1.82) is 0 Å². The third-order valence-corrected chi connectivity index (χ3v) is 2.82. The zero-order valence-corrected chi connectivity index (χ0v) is 10.5. The first-order valence-corrected chi connectivity index (χ1v) is 5.96. The van der Waals surface area contributed by atoms with Crippen LogP contribution in [0.15, 0.2) is 18.2 Å². The van der Waals surface area contributed by atoms with E-state index in [0.717, 1.165) is 29.6 Å². The summed E-state index contributed by atoms with van der Waals surface area (Å²) in [6, 6.07) is 6.03. The Hall–Kier alpha value is -1.31. The molecular formula is C14H21NO. The number of hydrogen-bond acceptors (Lipinski definition) is 2. The fourth-order valence-corrected chi connectivity index (χ4v) is 1.84. The van der Waals surface area contributed by atoms with Crippen LogP contribution in [0.1, 0.15) is 42.1 Å². The highest BCUT2D eigenvalue weighted by Gasteiger charge is 2.06. The van der Waals surface area contributed by atoms with Gasteiger partial charge in [-0.2, -0.15) is 0 Å². The van der Waals surface area contributed by atoms with Crippen LogP contribution in [0.4, 0.5) is 5.69 Å². The van der Waals surface area contributed by atoms with Gasteiger partial charge in [-0.25, -0.2) is 0 Å². The zero-order chi connectivity index (χ0) is 12.0. The van der Waals surface area contributed by atoms with E-state index in [4.69, 9.17) is 0 Å². The number of hydrogen-bond donors (Lipinski definition) is 0. The molecule has 0 spiro atoms. The van der Waals surface area contributed by atoms with Gasteiger partial charge in [0, 0.05) is 24.8 Å². The number of carbonyl (C=O) groups is 1. The summed E-state index contributed by atoms with van der Waals surface area (Å²) < 4.78 is 0. The van der Waals surface area contributed by atoms with Crippen LogP contribution in [-0.4, -0.2) is 19.9 Å². The van der Waals surface area contributed by atoms with Crippen molar-refractivity contribution in [1.82, 2.24) is 0 Å². The lowest BCUT2D eigenvalue weighted by Crippen LogP contribution is -2.19. The van der Waals surface area contributed by atoms with Crippen LogP contribution in [0.3, 0.4) is 0 Å². The Bertz CT molecular complexity index is 347. The van der Waals surface area contributed by atoms with Gasteiger partial charge in [-0.3, -0.25) is 4.79 Å². The molecule has 2 nitrogen and oxygen atoms in total. The lowest BCUT2D eigenvalue weighted by atomic mass is 10.1. The lowest BCUT2D eigenvalue weighted by Gasteiger charge is -2.21. The Morgan fingerprint density at radius 1 is 1.31 bits per heavy atom. The second-order valence-electron chi connectivity index (χ2n) is 4.31. The molecule has 16 heavy (non-hydrogen) atoms. The SMILES string of the molecule is CCCCCN(C)c1ccc(C)cc1C=O. The first-order valence-electron chi connectivity index (χ1n) is 5.96. The highest BCUT2D eigenvalue weighted by atomic mass is 16.1. The van der Waals surface area contributed by atoms with Gasteiger partial charge in [0.2, 0.25) is 0 Å². The van der Waals surface area contributed by atoms with Gasteiger partial charge in [0.05, 0.1) is 0 Å². The quantitative estimate of drug-likeness (QED) is 0.539. The highest BCUT2D eigenvalue weighted by Crippen LogP contribution is 2.19. The van der Waals surface area contributed by atoms with Crippen molar-refractivity contribution >= 4 is 12.0 Å². The van der Waals surface area contributed by atoms with Gasteiger partial charge in [-0.1, -0.05) is 31.4 Å². The molecule has 0 bridgehead atoms. The molecular weight excluding hydrogens is 198 g/mol. The Morgan fingerprint density at radius 3 is 2.69 bits per heavy atom. The van der Waals surface area contributed by atoms with Crippen LogP contribution in [0.25, 0.3) is 0 Å². The highest BCUT2D eigenvalue weighted by molar-refractivity contribution is 5.84. The van der Waals surface area contributed by atoms with Crippen LogP contribution in [0.2, 0.25) is 0 Å². The molecule has 0 radical (unpaired) electrons. The molecule has 0 heterocycles. The standard InChI is InChI=1S/C14H21NO/c1-4-5-6-9-15(3)14-8-7-12(2)10-13(14)11-16/h7-8,10-11H,4-6,9H2,1-3H3. The molecule has 0 aliphatic carbocycles. The number of rotatable bonds is 6. The van der Waals surface area contributed by atoms with E-state index in [1.54, 1.807) is 0 Å². The first kappa shape index (κ1) is 12.8. The van der Waals surface area contributed by atoms with Crippen molar-refractivity contribution in [3.05, 3.63) is 29.3 Å². The van der Waals surface area contributed by atoms with E-state index in [9.17, 15) is 4.79 Å². The number of carbonyl (C=O) groups excluding carboxylic acids is 1. The minimum absolute atomic E-state index is 0.791. The Labute approximate surface area is 98.3 Å². The summed E-state index contributed by atoms with van der Waals surface area (Å²) in [6.07, 6.45) is 4.59. The third kappa shape index (κ3) is 3.37. The van der Waals surface area contributed by atoms with Crippen LogP contribution in [-0.2, 0) is 0 Å². The smallest absolute Gasteiger partial charge is 0.152 e. The predicted octanol–water partition coefficient (Wildman–Crippen LogP) is 3.43. The van der Waals surface area contributed by atoms with Crippen LogP contribution < -0.4 is 4.90 Å². The normalized spacial score (nSPS) is 10.2. The summed E-state index contributed by atoms with van der Waals surface area (Å²) in [7, 11) is 2.05. The molecule has 0 atom stereocenters. The summed E-state index contributed by atoms with van der Waals surface area (Å²) in [6.45, 7) is 5.22. The maximum atomic E-state index is 11.0. The van der Waals surface area contributed by atoms with E-state index in [2.05, 4.69) is 17.9 Å². The van der Waals surface area contributed by atoms with E-state index in [-0.39, 0.29) is 0 Å². The summed E-state index contributed by atoms with van der Waals surface area (Å²) in [4.78, 5) is 13.2. The van der Waals surface area contributed by atoms with Gasteiger partial charge in [0.15, 0.2) is 6.29 Å². The average Bonchev–Trinajstić information content (AvgIpc) is 2.29. The second-order valence-corrected chi connectivity index (χ2v) is 4.31. The number of aryl methyl sites for hydroxylation is 1. The Kier molecular flexibility index (Phi) is 5.03. The largest absolute Gasteiger partial charge is 0.374 e. The minimum Gasteiger partial charge on any atom is -0.374 e. The maximum Gasteiger partial charge on any atom is 0.152 e. The molecule has 0 amide bonds. The number of anilines is 1. The maximum absolute atomic E-state index is 11.0.